The van der Waals surface area contributed by atoms with Gasteiger partial charge in [0.15, 0.2) is 0 Å². The lowest BCUT2D eigenvalue weighted by Gasteiger charge is -2.15. The van der Waals surface area contributed by atoms with Crippen molar-refractivity contribution in [3.05, 3.63) is 52.0 Å². The van der Waals surface area contributed by atoms with Crippen molar-refractivity contribution in [1.29, 1.82) is 0 Å². The summed E-state index contributed by atoms with van der Waals surface area (Å²) in [4.78, 5) is 18.3. The molecule has 4 nitrogen and oxygen atoms in total. The number of aromatic nitrogens is 1. The maximum atomic E-state index is 12.3. The van der Waals surface area contributed by atoms with E-state index in [2.05, 4.69) is 17.1 Å². The van der Waals surface area contributed by atoms with Crippen molar-refractivity contribution >= 4 is 17.2 Å². The molecule has 0 saturated carbocycles. The lowest BCUT2D eigenvalue weighted by atomic mass is 10.1. The van der Waals surface area contributed by atoms with Crippen LogP contribution in [0, 0.1) is 0 Å². The Bertz CT molecular complexity index is 580. The predicted octanol–water partition coefficient (Wildman–Crippen LogP) is 2.87. The molecule has 2 rings (SSSR count). The first-order chi connectivity index (χ1) is 10.1. The largest absolute Gasteiger partial charge is 0.340 e. The van der Waals surface area contributed by atoms with Gasteiger partial charge in [0, 0.05) is 19.0 Å². The summed E-state index contributed by atoms with van der Waals surface area (Å²) < 4.78 is 0. The second-order valence-electron chi connectivity index (χ2n) is 5.18. The van der Waals surface area contributed by atoms with E-state index in [0.29, 0.717) is 5.69 Å². The summed E-state index contributed by atoms with van der Waals surface area (Å²) >= 11 is 1.44. The average Bonchev–Trinajstić information content (AvgIpc) is 2.97. The Morgan fingerprint density at radius 1 is 1.38 bits per heavy atom. The van der Waals surface area contributed by atoms with Crippen LogP contribution < -0.4 is 5.73 Å². The third-order valence-electron chi connectivity index (χ3n) is 3.28. The normalized spacial score (nSPS) is 12.1. The number of hydrogen-bond donors (Lipinski definition) is 1. The van der Waals surface area contributed by atoms with Crippen LogP contribution in [0.2, 0.25) is 0 Å². The van der Waals surface area contributed by atoms with Crippen molar-refractivity contribution in [2.75, 3.05) is 13.6 Å². The topological polar surface area (TPSA) is 59.2 Å². The number of amides is 1. The fourth-order valence-corrected chi connectivity index (χ4v) is 2.81. The van der Waals surface area contributed by atoms with Crippen molar-refractivity contribution in [3.8, 4) is 0 Å². The SMILES string of the molecule is CC(N)c1nc(C(=O)N(C)CCCc2ccccc2)cs1. The van der Waals surface area contributed by atoms with Crippen molar-refractivity contribution in [3.63, 3.8) is 0 Å². The second kappa shape index (κ2) is 7.33. The van der Waals surface area contributed by atoms with Crippen LogP contribution in [-0.2, 0) is 6.42 Å². The third kappa shape index (κ3) is 4.37. The molecule has 1 atom stereocenters. The van der Waals surface area contributed by atoms with Crippen molar-refractivity contribution in [2.24, 2.45) is 5.73 Å². The van der Waals surface area contributed by atoms with Gasteiger partial charge in [-0.05, 0) is 25.3 Å². The summed E-state index contributed by atoms with van der Waals surface area (Å²) in [7, 11) is 1.82. The van der Waals surface area contributed by atoms with E-state index in [9.17, 15) is 4.79 Å². The Labute approximate surface area is 129 Å². The minimum absolute atomic E-state index is 0.0359. The number of nitrogens with zero attached hydrogens (tertiary/aromatic N) is 2. The van der Waals surface area contributed by atoms with E-state index in [-0.39, 0.29) is 11.9 Å². The van der Waals surface area contributed by atoms with Gasteiger partial charge in [0.05, 0.1) is 6.04 Å². The molecule has 0 aliphatic rings. The molecule has 0 bridgehead atoms. The molecule has 0 saturated heterocycles. The quantitative estimate of drug-likeness (QED) is 0.892. The molecule has 2 N–H and O–H groups in total. The predicted molar refractivity (Wildman–Crippen MR) is 86.4 cm³/mol. The summed E-state index contributed by atoms with van der Waals surface area (Å²) in [5, 5.41) is 2.59. The van der Waals surface area contributed by atoms with Crippen molar-refractivity contribution in [2.45, 2.75) is 25.8 Å². The van der Waals surface area contributed by atoms with E-state index >= 15 is 0 Å². The summed E-state index contributed by atoms with van der Waals surface area (Å²) in [6.45, 7) is 2.59. The van der Waals surface area contributed by atoms with Gasteiger partial charge in [0.25, 0.3) is 5.91 Å². The van der Waals surface area contributed by atoms with Gasteiger partial charge in [-0.1, -0.05) is 30.3 Å². The molecule has 21 heavy (non-hydrogen) atoms. The van der Waals surface area contributed by atoms with Gasteiger partial charge < -0.3 is 10.6 Å². The molecule has 112 valence electrons. The van der Waals surface area contributed by atoms with Crippen LogP contribution in [0.4, 0.5) is 0 Å². The fraction of sp³-hybridized carbons (Fsp3) is 0.375. The number of carbonyl (C=O) groups is 1. The molecule has 1 aromatic carbocycles. The molecule has 0 radical (unpaired) electrons. The van der Waals surface area contributed by atoms with E-state index in [1.807, 2.05) is 32.2 Å². The highest BCUT2D eigenvalue weighted by Gasteiger charge is 2.16. The van der Waals surface area contributed by atoms with Crippen LogP contribution in [-0.4, -0.2) is 29.4 Å². The van der Waals surface area contributed by atoms with Gasteiger partial charge in [-0.2, -0.15) is 0 Å². The highest BCUT2D eigenvalue weighted by molar-refractivity contribution is 7.09. The number of thiazole rings is 1. The zero-order valence-electron chi connectivity index (χ0n) is 12.5. The first-order valence-electron chi connectivity index (χ1n) is 7.08. The number of carbonyl (C=O) groups excluding carboxylic acids is 1. The van der Waals surface area contributed by atoms with Gasteiger partial charge in [0.1, 0.15) is 10.7 Å². The van der Waals surface area contributed by atoms with Crippen LogP contribution >= 0.6 is 11.3 Å². The number of benzene rings is 1. The molecule has 0 fully saturated rings. The van der Waals surface area contributed by atoms with Crippen molar-refractivity contribution < 1.29 is 4.79 Å². The molecule has 1 heterocycles. The van der Waals surface area contributed by atoms with Gasteiger partial charge in [-0.15, -0.1) is 11.3 Å². The van der Waals surface area contributed by atoms with E-state index in [0.717, 1.165) is 24.4 Å². The van der Waals surface area contributed by atoms with Gasteiger partial charge in [0.2, 0.25) is 0 Å². The molecule has 1 aromatic heterocycles. The molecule has 1 amide bonds. The van der Waals surface area contributed by atoms with Gasteiger partial charge >= 0.3 is 0 Å². The number of nitrogens with two attached hydrogens (primary N) is 1. The van der Waals surface area contributed by atoms with Crippen LogP contribution in [0.1, 0.15) is 40.4 Å². The number of aryl methyl sites for hydroxylation is 1. The van der Waals surface area contributed by atoms with Crippen LogP contribution in [0.15, 0.2) is 35.7 Å². The third-order valence-corrected chi connectivity index (χ3v) is 4.32. The lowest BCUT2D eigenvalue weighted by Crippen LogP contribution is -2.28. The monoisotopic (exact) mass is 303 g/mol. The number of rotatable bonds is 6. The molecular weight excluding hydrogens is 282 g/mol. The Morgan fingerprint density at radius 3 is 2.71 bits per heavy atom. The molecule has 0 spiro atoms. The van der Waals surface area contributed by atoms with E-state index < -0.39 is 0 Å². The Balaban J connectivity index is 1.84. The maximum Gasteiger partial charge on any atom is 0.273 e. The lowest BCUT2D eigenvalue weighted by molar-refractivity contribution is 0.0788. The first-order valence-corrected chi connectivity index (χ1v) is 7.96. The molecule has 2 aromatic rings. The molecule has 0 aliphatic carbocycles. The van der Waals surface area contributed by atoms with E-state index in [1.54, 1.807) is 10.3 Å². The standard InChI is InChI=1S/C16H21N3OS/c1-12(17)15-18-14(11-21-15)16(20)19(2)10-6-9-13-7-4-3-5-8-13/h3-5,7-8,11-12H,6,9-10,17H2,1-2H3. The Hall–Kier alpha value is -1.72. The summed E-state index contributed by atoms with van der Waals surface area (Å²) in [5.41, 5.74) is 7.56. The zero-order chi connectivity index (χ0) is 15.2. The molecule has 0 aliphatic heterocycles. The zero-order valence-corrected chi connectivity index (χ0v) is 13.3. The second-order valence-corrected chi connectivity index (χ2v) is 6.07. The van der Waals surface area contributed by atoms with Crippen LogP contribution in [0.25, 0.3) is 0 Å². The van der Waals surface area contributed by atoms with E-state index in [1.165, 1.54) is 16.9 Å². The highest BCUT2D eigenvalue weighted by atomic mass is 32.1. The Kier molecular flexibility index (Phi) is 5.47. The van der Waals surface area contributed by atoms with Crippen LogP contribution in [0.5, 0.6) is 0 Å². The van der Waals surface area contributed by atoms with Gasteiger partial charge in [-0.3, -0.25) is 4.79 Å². The first kappa shape index (κ1) is 15.7. The highest BCUT2D eigenvalue weighted by Crippen LogP contribution is 2.17. The molecular formula is C16H21N3OS. The molecule has 1 unspecified atom stereocenters. The van der Waals surface area contributed by atoms with Crippen LogP contribution in [0.3, 0.4) is 0 Å². The average molecular weight is 303 g/mol. The number of hydrogen-bond acceptors (Lipinski definition) is 4. The summed E-state index contributed by atoms with van der Waals surface area (Å²) in [5.74, 6) is -0.0359. The van der Waals surface area contributed by atoms with Gasteiger partial charge in [-0.25, -0.2) is 4.98 Å². The molecule has 5 heteroatoms. The summed E-state index contributed by atoms with van der Waals surface area (Å²) in [6, 6.07) is 10.2. The summed E-state index contributed by atoms with van der Waals surface area (Å²) in [6.07, 6.45) is 1.91. The minimum atomic E-state index is -0.125. The Morgan fingerprint density at radius 2 is 2.10 bits per heavy atom. The maximum absolute atomic E-state index is 12.3. The van der Waals surface area contributed by atoms with E-state index in [4.69, 9.17) is 5.73 Å². The van der Waals surface area contributed by atoms with Crippen molar-refractivity contribution in [1.82, 2.24) is 9.88 Å². The smallest absolute Gasteiger partial charge is 0.273 e. The fourth-order valence-electron chi connectivity index (χ4n) is 2.06. The minimum Gasteiger partial charge on any atom is -0.340 e.